The van der Waals surface area contributed by atoms with E-state index >= 15 is 0 Å². The molecule has 0 saturated heterocycles. The summed E-state index contributed by atoms with van der Waals surface area (Å²) in [7, 11) is 6.47. The van der Waals surface area contributed by atoms with Crippen LogP contribution in [0.2, 0.25) is 0 Å². The maximum atomic E-state index is 11.6. The first-order valence-electron chi connectivity index (χ1n) is 6.91. The number of imide groups is 1. The normalized spacial score (nSPS) is 10.2. The van der Waals surface area contributed by atoms with Crippen LogP contribution in [0.1, 0.15) is 5.56 Å². The zero-order valence-corrected chi connectivity index (χ0v) is 13.4. The fourth-order valence-corrected chi connectivity index (χ4v) is 1.91. The number of nitrogens with one attached hydrogen (secondary N) is 2. The molecule has 0 saturated carbocycles. The van der Waals surface area contributed by atoms with Crippen LogP contribution in [0.5, 0.6) is 11.5 Å². The molecule has 0 aliphatic heterocycles. The molecule has 7 heteroatoms. The molecule has 0 atom stereocenters. The molecular weight excluding hydrogens is 286 g/mol. The number of methoxy groups -OCH3 is 2. The van der Waals surface area contributed by atoms with Crippen LogP contribution < -0.4 is 20.1 Å². The molecular formula is C15H23N3O4. The van der Waals surface area contributed by atoms with Gasteiger partial charge in [-0.05, 0) is 31.2 Å². The van der Waals surface area contributed by atoms with Gasteiger partial charge in [-0.3, -0.25) is 15.0 Å². The maximum Gasteiger partial charge on any atom is 0.321 e. The summed E-state index contributed by atoms with van der Waals surface area (Å²) >= 11 is 0. The lowest BCUT2D eigenvalue weighted by molar-refractivity contribution is -0.120. The largest absolute Gasteiger partial charge is 0.493 e. The summed E-state index contributed by atoms with van der Waals surface area (Å²) in [6.45, 7) is 0.831. The number of benzene rings is 1. The van der Waals surface area contributed by atoms with Gasteiger partial charge >= 0.3 is 6.03 Å². The van der Waals surface area contributed by atoms with Crippen molar-refractivity contribution in [2.75, 3.05) is 41.4 Å². The number of amides is 3. The van der Waals surface area contributed by atoms with Crippen LogP contribution in [0, 0.1) is 0 Å². The SMILES string of the molecule is CNC(=O)NC(=O)CN(C)CCc1ccc(OC)c(OC)c1. The number of rotatable bonds is 7. The first-order valence-corrected chi connectivity index (χ1v) is 6.91. The smallest absolute Gasteiger partial charge is 0.321 e. The van der Waals surface area contributed by atoms with E-state index in [1.165, 1.54) is 7.05 Å². The summed E-state index contributed by atoms with van der Waals surface area (Å²) in [5.41, 5.74) is 1.08. The summed E-state index contributed by atoms with van der Waals surface area (Å²) in [5, 5.41) is 4.56. The molecule has 1 aromatic rings. The van der Waals surface area contributed by atoms with Crippen LogP contribution in [0.4, 0.5) is 4.79 Å². The minimum Gasteiger partial charge on any atom is -0.493 e. The number of hydrogen-bond donors (Lipinski definition) is 2. The van der Waals surface area contributed by atoms with E-state index in [0.29, 0.717) is 18.0 Å². The second-order valence-corrected chi connectivity index (χ2v) is 4.80. The molecule has 1 rings (SSSR count). The van der Waals surface area contributed by atoms with Gasteiger partial charge in [0.05, 0.1) is 20.8 Å². The van der Waals surface area contributed by atoms with Crippen molar-refractivity contribution >= 4 is 11.9 Å². The van der Waals surface area contributed by atoms with Crippen molar-refractivity contribution in [1.82, 2.24) is 15.5 Å². The molecule has 0 radical (unpaired) electrons. The number of carbonyl (C=O) groups excluding carboxylic acids is 2. The third-order valence-electron chi connectivity index (χ3n) is 3.12. The summed E-state index contributed by atoms with van der Waals surface area (Å²) in [6, 6.07) is 5.22. The van der Waals surface area contributed by atoms with Gasteiger partial charge in [-0.2, -0.15) is 0 Å². The molecule has 0 bridgehead atoms. The Hall–Kier alpha value is -2.28. The topological polar surface area (TPSA) is 79.9 Å². The molecule has 122 valence electrons. The van der Waals surface area contributed by atoms with Crippen molar-refractivity contribution in [2.24, 2.45) is 0 Å². The Balaban J connectivity index is 2.48. The Bertz CT molecular complexity index is 520. The van der Waals surface area contributed by atoms with Gasteiger partial charge in [-0.1, -0.05) is 6.07 Å². The van der Waals surface area contributed by atoms with Crippen LogP contribution in [0.15, 0.2) is 18.2 Å². The van der Waals surface area contributed by atoms with Crippen molar-refractivity contribution in [3.05, 3.63) is 23.8 Å². The van der Waals surface area contributed by atoms with Gasteiger partial charge in [-0.25, -0.2) is 4.79 Å². The molecule has 0 spiro atoms. The number of hydrogen-bond acceptors (Lipinski definition) is 5. The second-order valence-electron chi connectivity index (χ2n) is 4.80. The van der Waals surface area contributed by atoms with Crippen LogP contribution in [0.25, 0.3) is 0 Å². The second kappa shape index (κ2) is 8.89. The highest BCUT2D eigenvalue weighted by molar-refractivity contribution is 5.95. The Kier molecular flexibility index (Phi) is 7.18. The van der Waals surface area contributed by atoms with E-state index in [0.717, 1.165) is 12.0 Å². The standard InChI is InChI=1S/C15H23N3O4/c1-16-15(20)17-14(19)10-18(2)8-7-11-5-6-12(21-3)13(9-11)22-4/h5-6,9H,7-8,10H2,1-4H3,(H2,16,17,19,20). The molecule has 0 aromatic heterocycles. The van der Waals surface area contributed by atoms with E-state index in [4.69, 9.17) is 9.47 Å². The number of urea groups is 1. The number of carbonyl (C=O) groups is 2. The van der Waals surface area contributed by atoms with Crippen LogP contribution in [-0.2, 0) is 11.2 Å². The Morgan fingerprint density at radius 1 is 1.18 bits per heavy atom. The van der Waals surface area contributed by atoms with E-state index in [1.807, 2.05) is 30.1 Å². The molecule has 0 unspecified atom stereocenters. The van der Waals surface area contributed by atoms with Crippen molar-refractivity contribution in [3.63, 3.8) is 0 Å². The van der Waals surface area contributed by atoms with E-state index in [9.17, 15) is 9.59 Å². The molecule has 3 amide bonds. The molecule has 0 heterocycles. The third kappa shape index (κ3) is 5.61. The summed E-state index contributed by atoms with van der Waals surface area (Å²) < 4.78 is 10.4. The molecule has 7 nitrogen and oxygen atoms in total. The Morgan fingerprint density at radius 2 is 1.86 bits per heavy atom. The lowest BCUT2D eigenvalue weighted by atomic mass is 10.1. The zero-order chi connectivity index (χ0) is 16.5. The predicted molar refractivity (Wildman–Crippen MR) is 83.3 cm³/mol. The van der Waals surface area contributed by atoms with Gasteiger partial charge in [0.25, 0.3) is 0 Å². The van der Waals surface area contributed by atoms with E-state index < -0.39 is 6.03 Å². The predicted octanol–water partition coefficient (Wildman–Crippen LogP) is 0.634. The maximum absolute atomic E-state index is 11.6. The van der Waals surface area contributed by atoms with E-state index in [-0.39, 0.29) is 12.5 Å². The van der Waals surface area contributed by atoms with Crippen LogP contribution in [-0.4, -0.2) is 58.2 Å². The Morgan fingerprint density at radius 3 is 2.45 bits per heavy atom. The highest BCUT2D eigenvalue weighted by Crippen LogP contribution is 2.27. The summed E-state index contributed by atoms with van der Waals surface area (Å²) in [5.74, 6) is 1.03. The molecule has 1 aromatic carbocycles. The minimum atomic E-state index is -0.502. The molecule has 0 aliphatic carbocycles. The molecule has 22 heavy (non-hydrogen) atoms. The lowest BCUT2D eigenvalue weighted by Crippen LogP contribution is -2.42. The zero-order valence-electron chi connectivity index (χ0n) is 13.4. The summed E-state index contributed by atoms with van der Waals surface area (Å²) in [6.07, 6.45) is 0.754. The van der Waals surface area contributed by atoms with Gasteiger partial charge in [-0.15, -0.1) is 0 Å². The van der Waals surface area contributed by atoms with Gasteiger partial charge in [0.2, 0.25) is 5.91 Å². The first-order chi connectivity index (χ1) is 10.5. The van der Waals surface area contributed by atoms with Crippen molar-refractivity contribution < 1.29 is 19.1 Å². The average Bonchev–Trinajstić information content (AvgIpc) is 2.52. The van der Waals surface area contributed by atoms with Gasteiger partial charge in [0, 0.05) is 13.6 Å². The highest BCUT2D eigenvalue weighted by Gasteiger charge is 2.10. The van der Waals surface area contributed by atoms with Gasteiger partial charge in [0.1, 0.15) is 0 Å². The monoisotopic (exact) mass is 309 g/mol. The van der Waals surface area contributed by atoms with Crippen molar-refractivity contribution in [2.45, 2.75) is 6.42 Å². The van der Waals surface area contributed by atoms with Crippen molar-refractivity contribution in [3.8, 4) is 11.5 Å². The lowest BCUT2D eigenvalue weighted by Gasteiger charge is -2.16. The molecule has 0 aliphatic rings. The van der Waals surface area contributed by atoms with Crippen LogP contribution in [0.3, 0.4) is 0 Å². The molecule has 2 N–H and O–H groups in total. The number of likely N-dealkylation sites (N-methyl/N-ethyl adjacent to an activating group) is 1. The Labute approximate surface area is 130 Å². The minimum absolute atomic E-state index is 0.153. The number of nitrogens with zero attached hydrogens (tertiary/aromatic N) is 1. The first kappa shape index (κ1) is 17.8. The average molecular weight is 309 g/mol. The fraction of sp³-hybridized carbons (Fsp3) is 0.467. The third-order valence-corrected chi connectivity index (χ3v) is 3.12. The molecule has 0 fully saturated rings. The highest BCUT2D eigenvalue weighted by atomic mass is 16.5. The van der Waals surface area contributed by atoms with E-state index in [2.05, 4.69) is 10.6 Å². The van der Waals surface area contributed by atoms with Gasteiger partial charge < -0.3 is 14.8 Å². The van der Waals surface area contributed by atoms with Gasteiger partial charge in [0.15, 0.2) is 11.5 Å². The van der Waals surface area contributed by atoms with E-state index in [1.54, 1.807) is 14.2 Å². The number of ether oxygens (including phenoxy) is 2. The quantitative estimate of drug-likeness (QED) is 0.772. The van der Waals surface area contributed by atoms with Crippen LogP contribution >= 0.6 is 0 Å². The fourth-order valence-electron chi connectivity index (χ4n) is 1.91. The van der Waals surface area contributed by atoms with Crippen molar-refractivity contribution in [1.29, 1.82) is 0 Å². The summed E-state index contributed by atoms with van der Waals surface area (Å²) in [4.78, 5) is 24.4.